The molecule has 25 heavy (non-hydrogen) atoms. The quantitative estimate of drug-likeness (QED) is 0.731. The van der Waals surface area contributed by atoms with Gasteiger partial charge in [0.25, 0.3) is 0 Å². The Morgan fingerprint density at radius 3 is 2.52 bits per heavy atom. The number of nitrogens with zero attached hydrogens (tertiary/aromatic N) is 4. The molecule has 128 valence electrons. The number of aromatic nitrogens is 4. The van der Waals surface area contributed by atoms with Gasteiger partial charge in [-0.1, -0.05) is 0 Å². The van der Waals surface area contributed by atoms with Crippen LogP contribution in [0.25, 0.3) is 17.1 Å². The van der Waals surface area contributed by atoms with Crippen molar-refractivity contribution in [3.05, 3.63) is 54.6 Å². The molecule has 0 aliphatic carbocycles. The first-order valence-corrected chi connectivity index (χ1v) is 8.36. The third-order valence-electron chi connectivity index (χ3n) is 4.55. The molecule has 6 heteroatoms. The van der Waals surface area contributed by atoms with Gasteiger partial charge >= 0.3 is 0 Å². The standard InChI is InChI=1S/C19H20N4O2/c1-19(10-3-13-25-19)18-21-17(14-8-11-20-12-9-14)22-23(18)15-4-6-16(24-2)7-5-15/h4-9,11-12H,3,10,13H2,1-2H3. The molecule has 0 bridgehead atoms. The van der Waals surface area contributed by atoms with E-state index in [-0.39, 0.29) is 0 Å². The highest BCUT2D eigenvalue weighted by Gasteiger charge is 2.37. The predicted octanol–water partition coefficient (Wildman–Crippen LogP) is 3.36. The van der Waals surface area contributed by atoms with Crippen molar-refractivity contribution in [2.24, 2.45) is 0 Å². The van der Waals surface area contributed by atoms with Crippen LogP contribution in [0.15, 0.2) is 48.8 Å². The minimum absolute atomic E-state index is 0.432. The zero-order valence-corrected chi connectivity index (χ0v) is 14.3. The van der Waals surface area contributed by atoms with Gasteiger partial charge in [0.1, 0.15) is 11.4 Å². The molecule has 3 heterocycles. The van der Waals surface area contributed by atoms with Gasteiger partial charge in [-0.05, 0) is 56.2 Å². The van der Waals surface area contributed by atoms with Gasteiger partial charge in [0, 0.05) is 24.6 Å². The Hall–Kier alpha value is -2.73. The fourth-order valence-electron chi connectivity index (χ4n) is 3.14. The van der Waals surface area contributed by atoms with Crippen molar-refractivity contribution in [3.63, 3.8) is 0 Å². The molecule has 0 amide bonds. The zero-order chi connectivity index (χ0) is 17.3. The smallest absolute Gasteiger partial charge is 0.182 e. The van der Waals surface area contributed by atoms with Crippen LogP contribution in [-0.2, 0) is 10.3 Å². The number of ether oxygens (including phenoxy) is 2. The summed E-state index contributed by atoms with van der Waals surface area (Å²) >= 11 is 0. The minimum Gasteiger partial charge on any atom is -0.497 e. The van der Waals surface area contributed by atoms with Crippen molar-refractivity contribution < 1.29 is 9.47 Å². The van der Waals surface area contributed by atoms with Crippen molar-refractivity contribution in [1.82, 2.24) is 19.7 Å². The minimum atomic E-state index is -0.432. The number of benzene rings is 1. The Labute approximate surface area is 146 Å². The van der Waals surface area contributed by atoms with E-state index in [4.69, 9.17) is 19.6 Å². The van der Waals surface area contributed by atoms with E-state index in [1.807, 2.05) is 41.1 Å². The van der Waals surface area contributed by atoms with Gasteiger partial charge in [-0.25, -0.2) is 9.67 Å². The molecule has 3 aromatic rings. The number of hydrogen-bond acceptors (Lipinski definition) is 5. The average Bonchev–Trinajstić information content (AvgIpc) is 3.30. The summed E-state index contributed by atoms with van der Waals surface area (Å²) < 4.78 is 13.2. The van der Waals surface area contributed by atoms with Gasteiger partial charge in [-0.3, -0.25) is 4.98 Å². The summed E-state index contributed by atoms with van der Waals surface area (Å²) in [6.07, 6.45) is 5.45. The monoisotopic (exact) mass is 336 g/mol. The molecule has 1 aliphatic rings. The van der Waals surface area contributed by atoms with Gasteiger partial charge in [-0.15, -0.1) is 5.10 Å². The zero-order valence-electron chi connectivity index (χ0n) is 14.3. The summed E-state index contributed by atoms with van der Waals surface area (Å²) in [4.78, 5) is 8.89. The van der Waals surface area contributed by atoms with Crippen LogP contribution in [0.5, 0.6) is 5.75 Å². The molecule has 2 aromatic heterocycles. The van der Waals surface area contributed by atoms with Crippen molar-refractivity contribution in [1.29, 1.82) is 0 Å². The first kappa shape index (κ1) is 15.8. The van der Waals surface area contributed by atoms with Crippen LogP contribution in [0, 0.1) is 0 Å². The Morgan fingerprint density at radius 1 is 1.12 bits per heavy atom. The van der Waals surface area contributed by atoms with E-state index in [0.717, 1.165) is 42.3 Å². The van der Waals surface area contributed by atoms with Crippen molar-refractivity contribution in [3.8, 4) is 22.8 Å². The van der Waals surface area contributed by atoms with Crippen LogP contribution >= 0.6 is 0 Å². The van der Waals surface area contributed by atoms with Gasteiger partial charge in [-0.2, -0.15) is 0 Å². The number of methoxy groups -OCH3 is 1. The summed E-state index contributed by atoms with van der Waals surface area (Å²) in [5, 5.41) is 4.75. The lowest BCUT2D eigenvalue weighted by Gasteiger charge is -2.22. The fourth-order valence-corrected chi connectivity index (χ4v) is 3.14. The normalized spacial score (nSPS) is 19.9. The van der Waals surface area contributed by atoms with Crippen LogP contribution in [0.2, 0.25) is 0 Å². The van der Waals surface area contributed by atoms with E-state index in [1.165, 1.54) is 0 Å². The van der Waals surface area contributed by atoms with Crippen molar-refractivity contribution in [2.75, 3.05) is 13.7 Å². The third kappa shape index (κ3) is 2.89. The fraction of sp³-hybridized carbons (Fsp3) is 0.316. The Bertz CT molecular complexity index is 853. The van der Waals surface area contributed by atoms with E-state index >= 15 is 0 Å². The molecular formula is C19H20N4O2. The van der Waals surface area contributed by atoms with E-state index in [0.29, 0.717) is 5.82 Å². The van der Waals surface area contributed by atoms with Crippen LogP contribution in [0.1, 0.15) is 25.6 Å². The lowest BCUT2D eigenvalue weighted by Crippen LogP contribution is -2.25. The van der Waals surface area contributed by atoms with Crippen LogP contribution in [0.3, 0.4) is 0 Å². The van der Waals surface area contributed by atoms with Crippen LogP contribution in [-0.4, -0.2) is 33.5 Å². The summed E-state index contributed by atoms with van der Waals surface area (Å²) in [5.41, 5.74) is 1.43. The van der Waals surface area contributed by atoms with Gasteiger partial charge in [0.15, 0.2) is 11.6 Å². The molecule has 1 atom stereocenters. The molecular weight excluding hydrogens is 316 g/mol. The Morgan fingerprint density at radius 2 is 1.88 bits per heavy atom. The topological polar surface area (TPSA) is 62.1 Å². The van der Waals surface area contributed by atoms with Crippen LogP contribution < -0.4 is 4.74 Å². The Kier molecular flexibility index (Phi) is 3.97. The third-order valence-corrected chi connectivity index (χ3v) is 4.55. The molecule has 1 fully saturated rings. The second-order valence-electron chi connectivity index (χ2n) is 6.29. The maximum atomic E-state index is 6.02. The lowest BCUT2D eigenvalue weighted by molar-refractivity contribution is 0.00768. The number of rotatable bonds is 4. The van der Waals surface area contributed by atoms with Crippen LogP contribution in [0.4, 0.5) is 0 Å². The first-order valence-electron chi connectivity index (χ1n) is 8.36. The highest BCUT2D eigenvalue weighted by molar-refractivity contribution is 5.54. The summed E-state index contributed by atoms with van der Waals surface area (Å²) in [5.74, 6) is 2.30. The van der Waals surface area contributed by atoms with Crippen molar-refractivity contribution >= 4 is 0 Å². The average molecular weight is 336 g/mol. The second kappa shape index (κ2) is 6.29. The molecule has 1 saturated heterocycles. The predicted molar refractivity (Wildman–Crippen MR) is 93.7 cm³/mol. The molecule has 0 radical (unpaired) electrons. The number of pyridine rings is 1. The highest BCUT2D eigenvalue weighted by atomic mass is 16.5. The first-order chi connectivity index (χ1) is 12.2. The molecule has 0 saturated carbocycles. The van der Waals surface area contributed by atoms with Gasteiger partial charge in [0.2, 0.25) is 0 Å². The largest absolute Gasteiger partial charge is 0.497 e. The SMILES string of the molecule is COc1ccc(-n2nc(-c3ccncc3)nc2C2(C)CCCO2)cc1. The molecule has 6 nitrogen and oxygen atoms in total. The molecule has 1 aromatic carbocycles. The lowest BCUT2D eigenvalue weighted by atomic mass is 10.0. The van der Waals surface area contributed by atoms with Crippen molar-refractivity contribution in [2.45, 2.75) is 25.4 Å². The molecule has 1 unspecified atom stereocenters. The Balaban J connectivity index is 1.84. The van der Waals surface area contributed by atoms with E-state index < -0.39 is 5.60 Å². The maximum absolute atomic E-state index is 6.02. The summed E-state index contributed by atoms with van der Waals surface area (Å²) in [6, 6.07) is 11.6. The molecule has 0 N–H and O–H groups in total. The van der Waals surface area contributed by atoms with Gasteiger partial charge < -0.3 is 9.47 Å². The molecule has 1 aliphatic heterocycles. The second-order valence-corrected chi connectivity index (χ2v) is 6.29. The summed E-state index contributed by atoms with van der Waals surface area (Å²) in [7, 11) is 1.66. The molecule has 0 spiro atoms. The summed E-state index contributed by atoms with van der Waals surface area (Å²) in [6.45, 7) is 2.83. The van der Waals surface area contributed by atoms with E-state index in [2.05, 4.69) is 11.9 Å². The number of hydrogen-bond donors (Lipinski definition) is 0. The maximum Gasteiger partial charge on any atom is 0.182 e. The van der Waals surface area contributed by atoms with E-state index in [1.54, 1.807) is 19.5 Å². The van der Waals surface area contributed by atoms with E-state index in [9.17, 15) is 0 Å². The highest BCUT2D eigenvalue weighted by Crippen LogP contribution is 2.36. The van der Waals surface area contributed by atoms with Gasteiger partial charge in [0.05, 0.1) is 12.8 Å². The molecule has 4 rings (SSSR count).